The Balaban J connectivity index is 2.02. The molecule has 3 amide bonds. The Hall–Kier alpha value is -3.35. The van der Waals surface area contributed by atoms with Gasteiger partial charge in [-0.3, -0.25) is 9.59 Å². The number of hydrazine groups is 1. The molecule has 6 nitrogen and oxygen atoms in total. The van der Waals surface area contributed by atoms with Crippen LogP contribution >= 0.6 is 23.2 Å². The lowest BCUT2D eigenvalue weighted by Gasteiger charge is -2.41. The van der Waals surface area contributed by atoms with Gasteiger partial charge in [0.05, 0.1) is 5.54 Å². The molecular formula is C26H24Cl2N2O4. The second kappa shape index (κ2) is 10.7. The number of nitrogens with zero attached hydrogens (tertiary/aromatic N) is 2. The summed E-state index contributed by atoms with van der Waals surface area (Å²) in [6, 6.07) is 21.3. The van der Waals surface area contributed by atoms with E-state index >= 15 is 0 Å². The zero-order chi connectivity index (χ0) is 24.9. The zero-order valence-electron chi connectivity index (χ0n) is 19.0. The van der Waals surface area contributed by atoms with Crippen LogP contribution in [0.4, 0.5) is 4.79 Å². The number of hydrogen-bond acceptors (Lipinski definition) is 4. The van der Waals surface area contributed by atoms with Gasteiger partial charge in [0.25, 0.3) is 11.8 Å². The van der Waals surface area contributed by atoms with Crippen molar-refractivity contribution in [3.05, 3.63) is 106 Å². The van der Waals surface area contributed by atoms with E-state index in [4.69, 9.17) is 27.9 Å². The fraction of sp³-hybridized carbons (Fsp3) is 0.192. The highest BCUT2D eigenvalue weighted by Gasteiger charge is 2.41. The van der Waals surface area contributed by atoms with Crippen LogP contribution in [0.15, 0.2) is 78.9 Å². The van der Waals surface area contributed by atoms with Crippen LogP contribution in [0.3, 0.4) is 0 Å². The zero-order valence-corrected chi connectivity index (χ0v) is 20.5. The minimum Gasteiger partial charge on any atom is -0.443 e. The SMILES string of the molecule is CC(C)(C)N(C(=O)c1ccc(Cl)cc1)N(C(=O)OCc1ccccc1Cl)C(=O)c1ccccc1. The molecule has 176 valence electrons. The first kappa shape index (κ1) is 25.3. The van der Waals surface area contributed by atoms with E-state index in [0.717, 1.165) is 10.0 Å². The Bertz CT molecular complexity index is 1180. The van der Waals surface area contributed by atoms with E-state index < -0.39 is 23.4 Å². The van der Waals surface area contributed by atoms with Crippen molar-refractivity contribution in [2.75, 3.05) is 0 Å². The van der Waals surface area contributed by atoms with E-state index in [2.05, 4.69) is 0 Å². The number of carbonyl (C=O) groups is 3. The topological polar surface area (TPSA) is 66.9 Å². The first-order valence-electron chi connectivity index (χ1n) is 10.5. The average molecular weight is 499 g/mol. The molecule has 0 aliphatic carbocycles. The molecule has 0 heterocycles. The van der Waals surface area contributed by atoms with Gasteiger partial charge in [0, 0.05) is 26.7 Å². The summed E-state index contributed by atoms with van der Waals surface area (Å²) in [6.45, 7) is 4.97. The van der Waals surface area contributed by atoms with Crippen molar-refractivity contribution < 1.29 is 19.1 Å². The molecule has 0 spiro atoms. The van der Waals surface area contributed by atoms with Gasteiger partial charge in [-0.15, -0.1) is 5.01 Å². The van der Waals surface area contributed by atoms with Crippen LogP contribution in [0.25, 0.3) is 0 Å². The number of rotatable bonds is 4. The smallest absolute Gasteiger partial charge is 0.436 e. The van der Waals surface area contributed by atoms with E-state index in [1.165, 1.54) is 12.1 Å². The van der Waals surface area contributed by atoms with Crippen LogP contribution in [0.5, 0.6) is 0 Å². The second-order valence-corrected chi connectivity index (χ2v) is 9.27. The molecule has 0 saturated heterocycles. The van der Waals surface area contributed by atoms with Crippen LogP contribution in [-0.4, -0.2) is 33.5 Å². The van der Waals surface area contributed by atoms with Crippen molar-refractivity contribution in [3.8, 4) is 0 Å². The van der Waals surface area contributed by atoms with Crippen LogP contribution < -0.4 is 0 Å². The average Bonchev–Trinajstić information content (AvgIpc) is 2.81. The van der Waals surface area contributed by atoms with Gasteiger partial charge in [-0.25, -0.2) is 9.80 Å². The summed E-state index contributed by atoms with van der Waals surface area (Å²) in [5.41, 5.74) is 0.0697. The monoisotopic (exact) mass is 498 g/mol. The molecule has 0 unspecified atom stereocenters. The summed E-state index contributed by atoms with van der Waals surface area (Å²) >= 11 is 12.1. The van der Waals surface area contributed by atoms with Crippen LogP contribution in [-0.2, 0) is 11.3 Å². The van der Waals surface area contributed by atoms with E-state index in [1.807, 2.05) is 0 Å². The molecule has 3 aromatic carbocycles. The first-order valence-corrected chi connectivity index (χ1v) is 11.2. The van der Waals surface area contributed by atoms with Gasteiger partial charge < -0.3 is 4.74 Å². The summed E-state index contributed by atoms with van der Waals surface area (Å²) in [7, 11) is 0. The Morgan fingerprint density at radius 2 is 1.32 bits per heavy atom. The number of amides is 3. The van der Waals surface area contributed by atoms with Crippen LogP contribution in [0.2, 0.25) is 10.0 Å². The third-order valence-electron chi connectivity index (χ3n) is 4.81. The lowest BCUT2D eigenvalue weighted by molar-refractivity contribution is -0.0410. The fourth-order valence-electron chi connectivity index (χ4n) is 3.18. The number of benzene rings is 3. The maximum absolute atomic E-state index is 13.6. The lowest BCUT2D eigenvalue weighted by Crippen LogP contribution is -2.60. The molecule has 0 bridgehead atoms. The van der Waals surface area contributed by atoms with Gasteiger partial charge in [0.1, 0.15) is 6.61 Å². The predicted molar refractivity (Wildman–Crippen MR) is 132 cm³/mol. The summed E-state index contributed by atoms with van der Waals surface area (Å²) in [5, 5.41) is 2.71. The van der Waals surface area contributed by atoms with Gasteiger partial charge >= 0.3 is 6.09 Å². The van der Waals surface area contributed by atoms with Crippen molar-refractivity contribution in [1.29, 1.82) is 0 Å². The van der Waals surface area contributed by atoms with Crippen molar-refractivity contribution in [1.82, 2.24) is 10.0 Å². The Morgan fingerprint density at radius 3 is 1.91 bits per heavy atom. The van der Waals surface area contributed by atoms with Crippen molar-refractivity contribution in [2.45, 2.75) is 32.9 Å². The molecule has 0 aliphatic rings. The van der Waals surface area contributed by atoms with Crippen LogP contribution in [0, 0.1) is 0 Å². The summed E-state index contributed by atoms with van der Waals surface area (Å²) in [6.07, 6.45) is -1.01. The Kier molecular flexibility index (Phi) is 7.97. The van der Waals surface area contributed by atoms with Gasteiger partial charge in [-0.05, 0) is 63.2 Å². The molecule has 3 rings (SSSR count). The lowest BCUT2D eigenvalue weighted by atomic mass is 10.1. The minimum atomic E-state index is -1.01. The summed E-state index contributed by atoms with van der Waals surface area (Å²) in [5.74, 6) is -1.27. The molecule has 3 aromatic rings. The molecule has 0 aromatic heterocycles. The van der Waals surface area contributed by atoms with Gasteiger partial charge in [-0.2, -0.15) is 0 Å². The van der Waals surface area contributed by atoms with E-state index in [0.29, 0.717) is 15.6 Å². The molecule has 34 heavy (non-hydrogen) atoms. The third-order valence-corrected chi connectivity index (χ3v) is 5.43. The molecule has 0 saturated carbocycles. The summed E-state index contributed by atoms with van der Waals surface area (Å²) in [4.78, 5) is 40.4. The van der Waals surface area contributed by atoms with Crippen molar-refractivity contribution in [2.24, 2.45) is 0 Å². The first-order chi connectivity index (χ1) is 16.1. The Labute approximate surface area is 208 Å². The minimum absolute atomic E-state index is 0.176. The number of carbonyl (C=O) groups excluding carboxylic acids is 3. The van der Waals surface area contributed by atoms with Crippen molar-refractivity contribution in [3.63, 3.8) is 0 Å². The molecule has 8 heteroatoms. The number of halogens is 2. The van der Waals surface area contributed by atoms with E-state index in [9.17, 15) is 14.4 Å². The molecule has 0 atom stereocenters. The summed E-state index contributed by atoms with van der Waals surface area (Å²) < 4.78 is 5.46. The largest absolute Gasteiger partial charge is 0.443 e. The normalized spacial score (nSPS) is 11.0. The maximum Gasteiger partial charge on any atom is 0.436 e. The second-order valence-electron chi connectivity index (χ2n) is 8.42. The van der Waals surface area contributed by atoms with E-state index in [1.54, 1.807) is 87.5 Å². The fourth-order valence-corrected chi connectivity index (χ4v) is 3.50. The molecule has 0 radical (unpaired) electrons. The molecular weight excluding hydrogens is 475 g/mol. The Morgan fingerprint density at radius 1 is 0.765 bits per heavy atom. The van der Waals surface area contributed by atoms with Gasteiger partial charge in [0.2, 0.25) is 0 Å². The van der Waals surface area contributed by atoms with Gasteiger partial charge in [0.15, 0.2) is 0 Å². The third kappa shape index (κ3) is 5.95. The van der Waals surface area contributed by atoms with Crippen molar-refractivity contribution >= 4 is 41.1 Å². The quantitative estimate of drug-likeness (QED) is 0.378. The molecule has 0 fully saturated rings. The number of ether oxygens (including phenoxy) is 1. The highest BCUT2D eigenvalue weighted by Crippen LogP contribution is 2.25. The predicted octanol–water partition coefficient (Wildman–Crippen LogP) is 6.63. The number of imide groups is 1. The van der Waals surface area contributed by atoms with Gasteiger partial charge in [-0.1, -0.05) is 59.6 Å². The van der Waals surface area contributed by atoms with E-state index in [-0.39, 0.29) is 17.7 Å². The number of hydrogen-bond donors (Lipinski definition) is 0. The molecule has 0 N–H and O–H groups in total. The highest BCUT2D eigenvalue weighted by atomic mass is 35.5. The molecule has 0 aliphatic heterocycles. The maximum atomic E-state index is 13.6. The highest BCUT2D eigenvalue weighted by molar-refractivity contribution is 6.31. The standard InChI is InChI=1S/C26H24Cl2N2O4/c1-26(2,3)30(24(32)19-13-15-21(27)16-14-19)29(23(31)18-9-5-4-6-10-18)25(33)34-17-20-11-7-8-12-22(20)28/h4-16H,17H2,1-3H3. The van der Waals surface area contributed by atoms with Crippen LogP contribution in [0.1, 0.15) is 47.1 Å².